The van der Waals surface area contributed by atoms with Gasteiger partial charge in [-0.2, -0.15) is 0 Å². The Morgan fingerprint density at radius 3 is 2.19 bits per heavy atom. The second kappa shape index (κ2) is 7.12. The Bertz CT molecular complexity index is 854. The van der Waals surface area contributed by atoms with E-state index in [4.69, 9.17) is 9.15 Å². The molecule has 3 nitrogen and oxygen atoms in total. The summed E-state index contributed by atoms with van der Waals surface area (Å²) in [6.45, 7) is 4.13. The van der Waals surface area contributed by atoms with Gasteiger partial charge in [0.05, 0.1) is 12.4 Å². The largest absolute Gasteiger partial charge is 0.493 e. The molecule has 2 heterocycles. The lowest BCUT2D eigenvalue weighted by Crippen LogP contribution is -2.28. The molecule has 0 saturated heterocycles. The molecule has 2 aromatic carbocycles. The van der Waals surface area contributed by atoms with Crippen LogP contribution in [-0.2, 0) is 4.74 Å². The summed E-state index contributed by atoms with van der Waals surface area (Å²) in [6.07, 6.45) is 4.02. The monoisotopic (exact) mass is 345 g/mol. The van der Waals surface area contributed by atoms with E-state index in [0.717, 1.165) is 17.2 Å². The molecule has 3 heteroatoms. The summed E-state index contributed by atoms with van der Waals surface area (Å²) in [5.74, 6) is 1.88. The number of rotatable bonds is 5. The number of benzene rings is 2. The van der Waals surface area contributed by atoms with E-state index in [-0.39, 0.29) is 18.2 Å². The van der Waals surface area contributed by atoms with Crippen molar-refractivity contribution < 1.29 is 9.15 Å². The third kappa shape index (κ3) is 3.13. The fraction of sp³-hybridized carbons (Fsp3) is 0.217. The third-order valence-corrected chi connectivity index (χ3v) is 4.55. The zero-order valence-electron chi connectivity index (χ0n) is 15.1. The molecule has 0 N–H and O–H groups in total. The topological polar surface area (TPSA) is 25.6 Å². The first-order chi connectivity index (χ1) is 12.7. The zero-order chi connectivity index (χ0) is 17.9. The molecule has 1 aliphatic heterocycles. The van der Waals surface area contributed by atoms with Crippen LogP contribution in [0.15, 0.2) is 95.3 Å². The van der Waals surface area contributed by atoms with Crippen LogP contribution >= 0.6 is 0 Å². The van der Waals surface area contributed by atoms with Gasteiger partial charge in [-0.15, -0.1) is 0 Å². The summed E-state index contributed by atoms with van der Waals surface area (Å²) < 4.78 is 12.0. The van der Waals surface area contributed by atoms with Gasteiger partial charge in [-0.05, 0) is 49.8 Å². The Kier molecular flexibility index (Phi) is 4.53. The van der Waals surface area contributed by atoms with Crippen molar-refractivity contribution in [1.82, 2.24) is 0 Å². The number of nitrogens with zero attached hydrogens (tertiary/aromatic N) is 1. The van der Waals surface area contributed by atoms with Crippen LogP contribution in [0.3, 0.4) is 0 Å². The predicted molar refractivity (Wildman–Crippen MR) is 104 cm³/mol. The highest BCUT2D eigenvalue weighted by molar-refractivity contribution is 5.57. The lowest BCUT2D eigenvalue weighted by molar-refractivity contribution is 0.136. The number of furan rings is 1. The molecule has 0 fully saturated rings. The molecule has 4 rings (SSSR count). The molecule has 0 aliphatic carbocycles. The molecule has 132 valence electrons. The molecule has 26 heavy (non-hydrogen) atoms. The fourth-order valence-corrected chi connectivity index (χ4v) is 3.55. The molecule has 0 saturated carbocycles. The first-order valence-electron chi connectivity index (χ1n) is 9.04. The number of ether oxygens (including phenoxy) is 1. The van der Waals surface area contributed by atoms with Gasteiger partial charge in [0.1, 0.15) is 23.6 Å². The van der Waals surface area contributed by atoms with Gasteiger partial charge in [0, 0.05) is 5.69 Å². The first kappa shape index (κ1) is 16.5. The summed E-state index contributed by atoms with van der Waals surface area (Å²) in [4.78, 5) is 2.37. The van der Waals surface area contributed by atoms with Gasteiger partial charge in [0.15, 0.2) is 0 Å². The molecular formula is C23H23NO2. The Balaban J connectivity index is 1.84. The molecule has 0 radical (unpaired) electrons. The van der Waals surface area contributed by atoms with Crippen molar-refractivity contribution in [2.75, 3.05) is 4.90 Å². The summed E-state index contributed by atoms with van der Waals surface area (Å²) >= 11 is 0. The molecular weight excluding hydrogens is 322 g/mol. The smallest absolute Gasteiger partial charge is 0.130 e. The quantitative estimate of drug-likeness (QED) is 0.576. The van der Waals surface area contributed by atoms with Crippen molar-refractivity contribution in [1.29, 1.82) is 0 Å². The van der Waals surface area contributed by atoms with E-state index >= 15 is 0 Å². The lowest BCUT2D eigenvalue weighted by Gasteiger charge is -2.33. The standard InChI is InChI=1S/C23H23NO2/c1-17(2)26-22-16-20(21-14-9-15-25-21)24(19-12-7-4-8-13-19)23(22)18-10-5-3-6-11-18/h3-17,20,23H,1-2H3. The summed E-state index contributed by atoms with van der Waals surface area (Å²) in [7, 11) is 0. The highest BCUT2D eigenvalue weighted by Crippen LogP contribution is 2.46. The van der Waals surface area contributed by atoms with E-state index in [0.29, 0.717) is 0 Å². The van der Waals surface area contributed by atoms with E-state index in [2.05, 4.69) is 73.4 Å². The fourth-order valence-electron chi connectivity index (χ4n) is 3.55. The van der Waals surface area contributed by atoms with Crippen molar-refractivity contribution in [3.8, 4) is 0 Å². The molecule has 0 spiro atoms. The summed E-state index contributed by atoms with van der Waals surface area (Å²) in [5, 5.41) is 0. The van der Waals surface area contributed by atoms with Gasteiger partial charge in [-0.3, -0.25) is 0 Å². The van der Waals surface area contributed by atoms with Gasteiger partial charge in [0.2, 0.25) is 0 Å². The molecule has 0 bridgehead atoms. The van der Waals surface area contributed by atoms with Crippen LogP contribution in [0.1, 0.15) is 37.3 Å². The molecule has 3 aromatic rings. The van der Waals surface area contributed by atoms with Crippen LogP contribution in [0.5, 0.6) is 0 Å². The highest BCUT2D eigenvalue weighted by atomic mass is 16.5. The minimum atomic E-state index is -0.00800. The van der Waals surface area contributed by atoms with Crippen LogP contribution in [0.4, 0.5) is 5.69 Å². The number of hydrogen-bond donors (Lipinski definition) is 0. The Labute approximate surface area is 154 Å². The van der Waals surface area contributed by atoms with Gasteiger partial charge >= 0.3 is 0 Å². The van der Waals surface area contributed by atoms with Crippen molar-refractivity contribution in [2.45, 2.75) is 32.0 Å². The van der Waals surface area contributed by atoms with E-state index in [9.17, 15) is 0 Å². The normalized spacial score (nSPS) is 19.7. The van der Waals surface area contributed by atoms with E-state index in [1.165, 1.54) is 5.56 Å². The molecule has 2 unspecified atom stereocenters. The Morgan fingerprint density at radius 1 is 0.885 bits per heavy atom. The van der Waals surface area contributed by atoms with Crippen LogP contribution in [0.25, 0.3) is 0 Å². The van der Waals surface area contributed by atoms with Crippen LogP contribution < -0.4 is 4.90 Å². The maximum absolute atomic E-state index is 6.24. The van der Waals surface area contributed by atoms with Crippen molar-refractivity contribution in [3.05, 3.63) is 102 Å². The maximum Gasteiger partial charge on any atom is 0.130 e. The van der Waals surface area contributed by atoms with E-state index < -0.39 is 0 Å². The highest BCUT2D eigenvalue weighted by Gasteiger charge is 2.39. The molecule has 2 atom stereocenters. The summed E-state index contributed by atoms with van der Waals surface area (Å²) in [5.41, 5.74) is 2.35. The van der Waals surface area contributed by atoms with Crippen LogP contribution in [-0.4, -0.2) is 6.10 Å². The average molecular weight is 345 g/mol. The minimum absolute atomic E-state index is 0.00800. The van der Waals surface area contributed by atoms with Gasteiger partial charge in [-0.25, -0.2) is 0 Å². The van der Waals surface area contributed by atoms with Crippen molar-refractivity contribution >= 4 is 5.69 Å². The molecule has 1 aliphatic rings. The third-order valence-electron chi connectivity index (χ3n) is 4.55. The Morgan fingerprint density at radius 2 is 1.58 bits per heavy atom. The van der Waals surface area contributed by atoms with Crippen molar-refractivity contribution in [2.24, 2.45) is 0 Å². The van der Waals surface area contributed by atoms with Crippen LogP contribution in [0.2, 0.25) is 0 Å². The Hall–Kier alpha value is -2.94. The predicted octanol–water partition coefficient (Wildman–Crippen LogP) is 5.89. The second-order valence-electron chi connectivity index (χ2n) is 6.75. The summed E-state index contributed by atoms with van der Waals surface area (Å²) in [6, 6.07) is 24.9. The zero-order valence-corrected chi connectivity index (χ0v) is 15.1. The van der Waals surface area contributed by atoms with E-state index in [1.807, 2.05) is 24.3 Å². The number of para-hydroxylation sites is 1. The van der Waals surface area contributed by atoms with Crippen molar-refractivity contribution in [3.63, 3.8) is 0 Å². The number of anilines is 1. The molecule has 1 aromatic heterocycles. The second-order valence-corrected chi connectivity index (χ2v) is 6.75. The first-order valence-corrected chi connectivity index (χ1v) is 9.04. The minimum Gasteiger partial charge on any atom is -0.493 e. The van der Waals surface area contributed by atoms with Gasteiger partial charge < -0.3 is 14.1 Å². The lowest BCUT2D eigenvalue weighted by atomic mass is 10.0. The molecule has 0 amide bonds. The SMILES string of the molecule is CC(C)OC1=CC(c2ccco2)N(c2ccccc2)C1c1ccccc1. The average Bonchev–Trinajstić information content (AvgIpc) is 3.30. The number of hydrogen-bond acceptors (Lipinski definition) is 3. The van der Waals surface area contributed by atoms with Gasteiger partial charge in [-0.1, -0.05) is 48.5 Å². The van der Waals surface area contributed by atoms with E-state index in [1.54, 1.807) is 6.26 Å². The van der Waals surface area contributed by atoms with Gasteiger partial charge in [0.25, 0.3) is 0 Å². The van der Waals surface area contributed by atoms with Crippen LogP contribution in [0, 0.1) is 0 Å². The maximum atomic E-state index is 6.24.